The van der Waals surface area contributed by atoms with Crippen molar-refractivity contribution in [1.29, 1.82) is 0 Å². The van der Waals surface area contributed by atoms with E-state index < -0.39 is 5.97 Å². The predicted octanol–water partition coefficient (Wildman–Crippen LogP) is 1.07. The molecule has 92 valence electrons. The largest absolute Gasteiger partial charge is 0.468 e. The third-order valence-corrected chi connectivity index (χ3v) is 2.88. The second-order valence-electron chi connectivity index (χ2n) is 4.27. The molecule has 0 spiro atoms. The molecule has 17 heavy (non-hydrogen) atoms. The molecule has 0 radical (unpaired) electrons. The van der Waals surface area contributed by atoms with Gasteiger partial charge in [0.25, 0.3) is 5.91 Å². The smallest absolute Gasteiger partial charge is 0.325 e. The maximum Gasteiger partial charge on any atom is 0.325 e. The van der Waals surface area contributed by atoms with Crippen molar-refractivity contribution in [2.45, 2.75) is 18.9 Å². The number of ether oxygens (including phenoxy) is 1. The highest BCUT2D eigenvalue weighted by molar-refractivity contribution is 5.94. The minimum absolute atomic E-state index is 0.0226. The maximum atomic E-state index is 12.1. The second-order valence-corrected chi connectivity index (χ2v) is 4.27. The Balaban J connectivity index is 2.07. The second kappa shape index (κ2) is 4.61. The number of amides is 1. The molecule has 1 heterocycles. The fraction of sp³-hybridized carbons (Fsp3) is 0.500. The van der Waals surface area contributed by atoms with E-state index in [0.29, 0.717) is 11.7 Å². The van der Waals surface area contributed by atoms with Gasteiger partial charge in [0.15, 0.2) is 0 Å². The van der Waals surface area contributed by atoms with Gasteiger partial charge in [0.2, 0.25) is 0 Å². The molecular formula is C12H16N2O3. The Hall–Kier alpha value is -1.78. The van der Waals surface area contributed by atoms with Crippen LogP contribution in [0.2, 0.25) is 0 Å². The number of hydrogen-bond acceptors (Lipinski definition) is 3. The normalized spacial score (nSPS) is 14.5. The van der Waals surface area contributed by atoms with E-state index in [0.717, 1.165) is 12.8 Å². The Morgan fingerprint density at radius 2 is 2.24 bits per heavy atom. The van der Waals surface area contributed by atoms with Crippen LogP contribution in [0.15, 0.2) is 18.3 Å². The first kappa shape index (κ1) is 11.7. The number of methoxy groups -OCH3 is 1. The van der Waals surface area contributed by atoms with Crippen molar-refractivity contribution in [3.05, 3.63) is 24.0 Å². The van der Waals surface area contributed by atoms with Crippen molar-refractivity contribution in [3.8, 4) is 0 Å². The van der Waals surface area contributed by atoms with Gasteiger partial charge >= 0.3 is 5.97 Å². The maximum absolute atomic E-state index is 12.1. The van der Waals surface area contributed by atoms with Crippen LogP contribution >= 0.6 is 0 Å². The average molecular weight is 236 g/mol. The van der Waals surface area contributed by atoms with Crippen molar-refractivity contribution in [2.75, 3.05) is 20.7 Å². The van der Waals surface area contributed by atoms with Crippen LogP contribution in [-0.2, 0) is 9.53 Å². The third-order valence-electron chi connectivity index (χ3n) is 2.88. The molecule has 1 amide bonds. The summed E-state index contributed by atoms with van der Waals surface area (Å²) in [6.45, 7) is -0.0226. The number of likely N-dealkylation sites (N-methyl/N-ethyl adjacent to an activating group) is 1. The van der Waals surface area contributed by atoms with Crippen LogP contribution in [0, 0.1) is 0 Å². The van der Waals surface area contributed by atoms with Gasteiger partial charge in [-0.05, 0) is 25.0 Å². The Morgan fingerprint density at radius 1 is 1.53 bits per heavy atom. The first-order valence-electron chi connectivity index (χ1n) is 5.62. The number of aromatic nitrogens is 1. The quantitative estimate of drug-likeness (QED) is 0.735. The zero-order valence-electron chi connectivity index (χ0n) is 10.0. The molecule has 0 N–H and O–H groups in total. The number of hydrogen-bond donors (Lipinski definition) is 0. The van der Waals surface area contributed by atoms with E-state index in [1.165, 1.54) is 12.0 Å². The van der Waals surface area contributed by atoms with Gasteiger partial charge in [0, 0.05) is 19.3 Å². The molecule has 1 fully saturated rings. The van der Waals surface area contributed by atoms with E-state index >= 15 is 0 Å². The highest BCUT2D eigenvalue weighted by Crippen LogP contribution is 2.36. The van der Waals surface area contributed by atoms with E-state index in [1.807, 2.05) is 16.8 Å². The fourth-order valence-electron chi connectivity index (χ4n) is 1.77. The summed E-state index contributed by atoms with van der Waals surface area (Å²) in [7, 11) is 2.91. The van der Waals surface area contributed by atoms with Crippen molar-refractivity contribution in [2.24, 2.45) is 0 Å². The molecule has 1 aromatic rings. The molecule has 0 unspecified atom stereocenters. The summed E-state index contributed by atoms with van der Waals surface area (Å²) in [5.41, 5.74) is 0.638. The molecular weight excluding hydrogens is 220 g/mol. The average Bonchev–Trinajstić information content (AvgIpc) is 3.05. The van der Waals surface area contributed by atoms with Crippen LogP contribution in [0.5, 0.6) is 0 Å². The van der Waals surface area contributed by atoms with Crippen molar-refractivity contribution in [3.63, 3.8) is 0 Å². The lowest BCUT2D eigenvalue weighted by Crippen LogP contribution is -2.33. The molecule has 2 rings (SSSR count). The highest BCUT2D eigenvalue weighted by Gasteiger charge is 2.28. The lowest BCUT2D eigenvalue weighted by Gasteiger charge is -2.16. The van der Waals surface area contributed by atoms with Crippen molar-refractivity contribution >= 4 is 11.9 Å². The van der Waals surface area contributed by atoms with Gasteiger partial charge in [-0.1, -0.05) is 0 Å². The van der Waals surface area contributed by atoms with Gasteiger partial charge in [-0.3, -0.25) is 9.59 Å². The standard InChI is InChI=1S/C12H16N2O3/c1-13(8-11(15)17-2)12(16)10-4-3-7-14(10)9-5-6-9/h3-4,7,9H,5-6,8H2,1-2H3. The van der Waals surface area contributed by atoms with Gasteiger partial charge in [0.1, 0.15) is 12.2 Å². The zero-order chi connectivity index (χ0) is 12.4. The topological polar surface area (TPSA) is 51.5 Å². The molecule has 0 atom stereocenters. The summed E-state index contributed by atoms with van der Waals surface area (Å²) in [6, 6.07) is 4.10. The van der Waals surface area contributed by atoms with Gasteiger partial charge < -0.3 is 14.2 Å². The molecule has 0 saturated heterocycles. The third kappa shape index (κ3) is 2.49. The zero-order valence-corrected chi connectivity index (χ0v) is 10.0. The Labute approximate surface area is 100.0 Å². The summed E-state index contributed by atoms with van der Waals surface area (Å²) >= 11 is 0. The van der Waals surface area contributed by atoms with Crippen LogP contribution in [0.25, 0.3) is 0 Å². The van der Waals surface area contributed by atoms with E-state index in [1.54, 1.807) is 13.1 Å². The minimum atomic E-state index is -0.412. The minimum Gasteiger partial charge on any atom is -0.468 e. The van der Waals surface area contributed by atoms with Crippen LogP contribution in [0.3, 0.4) is 0 Å². The molecule has 1 aliphatic rings. The summed E-state index contributed by atoms with van der Waals surface area (Å²) < 4.78 is 6.52. The summed E-state index contributed by atoms with van der Waals surface area (Å²) in [4.78, 5) is 24.6. The lowest BCUT2D eigenvalue weighted by molar-refractivity contribution is -0.141. The molecule has 1 aromatic heterocycles. The molecule has 0 bridgehead atoms. The summed E-state index contributed by atoms with van der Waals surface area (Å²) in [5, 5.41) is 0. The first-order valence-corrected chi connectivity index (χ1v) is 5.62. The Morgan fingerprint density at radius 3 is 2.82 bits per heavy atom. The first-order chi connectivity index (χ1) is 8.13. The number of carbonyl (C=O) groups excluding carboxylic acids is 2. The Kier molecular flexibility index (Phi) is 3.17. The van der Waals surface area contributed by atoms with Crippen LogP contribution < -0.4 is 0 Å². The van der Waals surface area contributed by atoms with Gasteiger partial charge in [-0.2, -0.15) is 0 Å². The highest BCUT2D eigenvalue weighted by atomic mass is 16.5. The van der Waals surface area contributed by atoms with Gasteiger partial charge in [-0.15, -0.1) is 0 Å². The van der Waals surface area contributed by atoms with Gasteiger partial charge in [0.05, 0.1) is 7.11 Å². The van der Waals surface area contributed by atoms with E-state index in [4.69, 9.17) is 0 Å². The molecule has 5 heteroatoms. The monoisotopic (exact) mass is 236 g/mol. The number of rotatable bonds is 4. The molecule has 5 nitrogen and oxygen atoms in total. The molecule has 0 aromatic carbocycles. The molecule has 0 aliphatic heterocycles. The Bertz CT molecular complexity index is 435. The van der Waals surface area contributed by atoms with E-state index in [9.17, 15) is 9.59 Å². The summed E-state index contributed by atoms with van der Waals surface area (Å²) in [5.74, 6) is -0.558. The number of esters is 1. The van der Waals surface area contributed by atoms with Crippen LogP contribution in [0.4, 0.5) is 0 Å². The van der Waals surface area contributed by atoms with Crippen molar-refractivity contribution in [1.82, 2.24) is 9.47 Å². The van der Waals surface area contributed by atoms with E-state index in [-0.39, 0.29) is 12.5 Å². The molecule has 1 saturated carbocycles. The van der Waals surface area contributed by atoms with Crippen LogP contribution in [0.1, 0.15) is 29.4 Å². The van der Waals surface area contributed by atoms with Gasteiger partial charge in [-0.25, -0.2) is 0 Å². The fourth-order valence-corrected chi connectivity index (χ4v) is 1.77. The SMILES string of the molecule is COC(=O)CN(C)C(=O)c1cccn1C1CC1. The van der Waals surface area contributed by atoms with E-state index in [2.05, 4.69) is 4.74 Å². The number of nitrogens with zero attached hydrogens (tertiary/aromatic N) is 2. The lowest BCUT2D eigenvalue weighted by atomic mass is 10.3. The molecule has 1 aliphatic carbocycles. The number of carbonyl (C=O) groups is 2. The van der Waals surface area contributed by atoms with Crippen molar-refractivity contribution < 1.29 is 14.3 Å². The van der Waals surface area contributed by atoms with Crippen LogP contribution in [-0.4, -0.2) is 42.0 Å². The summed E-state index contributed by atoms with van der Waals surface area (Å²) in [6.07, 6.45) is 4.15. The predicted molar refractivity (Wildman–Crippen MR) is 61.7 cm³/mol.